The largest absolute Gasteiger partial charge is 0.440 e. The van der Waals surface area contributed by atoms with Crippen molar-refractivity contribution in [2.24, 2.45) is 0 Å². The average Bonchev–Trinajstić information content (AvgIpc) is 2.83. The summed E-state index contributed by atoms with van der Waals surface area (Å²) >= 11 is 1.03. The molecule has 106 valence electrons. The Kier molecular flexibility index (Phi) is 4.33. The number of rotatable bonds is 5. The van der Waals surface area contributed by atoms with Crippen molar-refractivity contribution in [2.75, 3.05) is 0 Å². The van der Waals surface area contributed by atoms with Gasteiger partial charge in [0.1, 0.15) is 5.75 Å². The number of nitrogens with zero attached hydrogens (tertiary/aromatic N) is 1. The molecule has 0 aliphatic carbocycles. The Balaban J connectivity index is 2.34. The summed E-state index contributed by atoms with van der Waals surface area (Å²) in [7, 11) is 0. The van der Waals surface area contributed by atoms with Crippen LogP contribution >= 0.6 is 11.3 Å². The molecule has 0 radical (unpaired) electrons. The SMILES string of the molecule is C[C@H](O)c1cc([N+](=O)[O-])c(Oc2cccc(CO)c2)s1. The number of benzene rings is 1. The van der Waals surface area contributed by atoms with Crippen LogP contribution in [0, 0.1) is 10.1 Å². The van der Waals surface area contributed by atoms with E-state index in [4.69, 9.17) is 9.84 Å². The Bertz CT molecular complexity index is 623. The molecule has 1 atom stereocenters. The van der Waals surface area contributed by atoms with Crippen molar-refractivity contribution in [3.63, 3.8) is 0 Å². The second-order valence-corrected chi connectivity index (χ2v) is 5.21. The van der Waals surface area contributed by atoms with E-state index in [1.165, 1.54) is 13.0 Å². The molecular formula is C13H13NO5S. The van der Waals surface area contributed by atoms with Gasteiger partial charge in [-0.3, -0.25) is 10.1 Å². The lowest BCUT2D eigenvalue weighted by Gasteiger charge is -2.04. The second kappa shape index (κ2) is 6.00. The van der Waals surface area contributed by atoms with Crippen molar-refractivity contribution < 1.29 is 19.9 Å². The van der Waals surface area contributed by atoms with Crippen LogP contribution in [0.25, 0.3) is 0 Å². The highest BCUT2D eigenvalue weighted by Crippen LogP contribution is 2.41. The standard InChI is InChI=1S/C13H13NO5S/c1-8(16)12-6-11(14(17)18)13(20-12)19-10-4-2-3-9(5-10)7-15/h2-6,8,15-16H,7H2,1H3/t8-/m0/s1. The lowest BCUT2D eigenvalue weighted by molar-refractivity contribution is -0.385. The van der Waals surface area contributed by atoms with E-state index in [9.17, 15) is 15.2 Å². The molecule has 0 aliphatic rings. The fourth-order valence-corrected chi connectivity index (χ4v) is 2.53. The van der Waals surface area contributed by atoms with Gasteiger partial charge < -0.3 is 14.9 Å². The molecule has 7 heteroatoms. The number of aliphatic hydroxyl groups excluding tert-OH is 2. The van der Waals surface area contributed by atoms with Crippen LogP contribution < -0.4 is 4.74 Å². The number of aliphatic hydroxyl groups is 2. The van der Waals surface area contributed by atoms with Crippen molar-refractivity contribution in [2.45, 2.75) is 19.6 Å². The van der Waals surface area contributed by atoms with Crippen LogP contribution in [-0.4, -0.2) is 15.1 Å². The first-order chi connectivity index (χ1) is 9.51. The maximum absolute atomic E-state index is 11.0. The molecule has 0 bridgehead atoms. The fourth-order valence-electron chi connectivity index (χ4n) is 1.60. The normalized spacial score (nSPS) is 12.2. The zero-order valence-electron chi connectivity index (χ0n) is 10.6. The molecule has 2 N–H and O–H groups in total. The Labute approximate surface area is 119 Å². The van der Waals surface area contributed by atoms with Crippen molar-refractivity contribution in [1.82, 2.24) is 0 Å². The molecule has 2 aromatic rings. The summed E-state index contributed by atoms with van der Waals surface area (Å²) in [6, 6.07) is 7.96. The van der Waals surface area contributed by atoms with Crippen LogP contribution in [0.3, 0.4) is 0 Å². The van der Waals surface area contributed by atoms with E-state index < -0.39 is 11.0 Å². The summed E-state index contributed by atoms with van der Waals surface area (Å²) in [5.74, 6) is 0.402. The molecule has 0 spiro atoms. The van der Waals surface area contributed by atoms with Gasteiger partial charge in [-0.25, -0.2) is 0 Å². The highest BCUT2D eigenvalue weighted by molar-refractivity contribution is 7.14. The van der Waals surface area contributed by atoms with Crippen LogP contribution in [0.4, 0.5) is 5.69 Å². The van der Waals surface area contributed by atoms with Crippen LogP contribution in [0.15, 0.2) is 30.3 Å². The zero-order valence-corrected chi connectivity index (χ0v) is 11.5. The summed E-state index contributed by atoms with van der Waals surface area (Å²) in [6.45, 7) is 1.40. The predicted molar refractivity (Wildman–Crippen MR) is 74.0 cm³/mol. The summed E-state index contributed by atoms with van der Waals surface area (Å²) < 4.78 is 5.50. The van der Waals surface area contributed by atoms with Crippen LogP contribution in [-0.2, 0) is 6.61 Å². The number of hydrogen-bond acceptors (Lipinski definition) is 6. The third-order valence-electron chi connectivity index (χ3n) is 2.60. The molecular weight excluding hydrogens is 282 g/mol. The van der Waals surface area contributed by atoms with Gasteiger partial charge in [-0.2, -0.15) is 0 Å². The summed E-state index contributed by atoms with van der Waals surface area (Å²) in [5, 5.41) is 29.6. The van der Waals surface area contributed by atoms with E-state index >= 15 is 0 Å². The quantitative estimate of drug-likeness (QED) is 0.653. The number of hydrogen-bond donors (Lipinski definition) is 2. The van der Waals surface area contributed by atoms with Crippen LogP contribution in [0.5, 0.6) is 10.8 Å². The molecule has 2 rings (SSSR count). The van der Waals surface area contributed by atoms with Crippen molar-refractivity contribution in [3.8, 4) is 10.8 Å². The van der Waals surface area contributed by atoms with E-state index in [0.29, 0.717) is 16.2 Å². The van der Waals surface area contributed by atoms with Crippen LogP contribution in [0.2, 0.25) is 0 Å². The first-order valence-corrected chi connectivity index (χ1v) is 6.66. The van der Waals surface area contributed by atoms with Gasteiger partial charge >= 0.3 is 5.69 Å². The number of thiophene rings is 1. The van der Waals surface area contributed by atoms with Gasteiger partial charge in [-0.05, 0) is 24.6 Å². The maximum atomic E-state index is 11.0. The monoisotopic (exact) mass is 295 g/mol. The molecule has 20 heavy (non-hydrogen) atoms. The molecule has 0 fully saturated rings. The highest BCUT2D eigenvalue weighted by Gasteiger charge is 2.23. The minimum atomic E-state index is -0.792. The van der Waals surface area contributed by atoms with Gasteiger partial charge in [0.2, 0.25) is 0 Å². The third-order valence-corrected chi connectivity index (χ3v) is 3.77. The lowest BCUT2D eigenvalue weighted by atomic mass is 10.2. The van der Waals surface area contributed by atoms with E-state index in [0.717, 1.165) is 11.3 Å². The topological polar surface area (TPSA) is 92.8 Å². The fraction of sp³-hybridized carbons (Fsp3) is 0.231. The minimum absolute atomic E-state index is 0.112. The minimum Gasteiger partial charge on any atom is -0.440 e. The highest BCUT2D eigenvalue weighted by atomic mass is 32.1. The van der Waals surface area contributed by atoms with Crippen LogP contribution in [0.1, 0.15) is 23.5 Å². The Hall–Kier alpha value is -1.96. The Morgan fingerprint density at radius 1 is 1.45 bits per heavy atom. The molecule has 1 aromatic carbocycles. The van der Waals surface area contributed by atoms with Gasteiger partial charge in [-0.15, -0.1) is 0 Å². The average molecular weight is 295 g/mol. The van der Waals surface area contributed by atoms with E-state index in [-0.39, 0.29) is 17.4 Å². The molecule has 0 unspecified atom stereocenters. The van der Waals surface area contributed by atoms with E-state index in [2.05, 4.69) is 0 Å². The summed E-state index contributed by atoms with van der Waals surface area (Å²) in [6.07, 6.45) is -0.792. The first kappa shape index (κ1) is 14.4. The van der Waals surface area contributed by atoms with Gasteiger partial charge in [-0.1, -0.05) is 23.5 Å². The van der Waals surface area contributed by atoms with Crippen molar-refractivity contribution in [3.05, 3.63) is 50.9 Å². The first-order valence-electron chi connectivity index (χ1n) is 5.85. The molecule has 0 saturated carbocycles. The predicted octanol–water partition coefficient (Wildman–Crippen LogP) is 2.99. The van der Waals surface area contributed by atoms with E-state index in [1.54, 1.807) is 24.3 Å². The van der Waals surface area contributed by atoms with Gasteiger partial charge in [0.05, 0.1) is 17.6 Å². The number of ether oxygens (including phenoxy) is 1. The molecule has 0 aliphatic heterocycles. The molecule has 1 heterocycles. The zero-order chi connectivity index (χ0) is 14.7. The molecule has 6 nitrogen and oxygen atoms in total. The summed E-state index contributed by atoms with van der Waals surface area (Å²) in [4.78, 5) is 10.9. The summed E-state index contributed by atoms with van der Waals surface area (Å²) in [5.41, 5.74) is 0.470. The molecule has 0 amide bonds. The second-order valence-electron chi connectivity index (χ2n) is 4.16. The van der Waals surface area contributed by atoms with Gasteiger partial charge in [0.15, 0.2) is 0 Å². The lowest BCUT2D eigenvalue weighted by Crippen LogP contribution is -1.90. The van der Waals surface area contributed by atoms with Crippen molar-refractivity contribution in [1.29, 1.82) is 0 Å². The maximum Gasteiger partial charge on any atom is 0.323 e. The Morgan fingerprint density at radius 2 is 2.20 bits per heavy atom. The number of nitro groups is 1. The molecule has 0 saturated heterocycles. The molecule has 1 aromatic heterocycles. The van der Waals surface area contributed by atoms with Gasteiger partial charge in [0, 0.05) is 10.9 Å². The smallest absolute Gasteiger partial charge is 0.323 e. The van der Waals surface area contributed by atoms with Gasteiger partial charge in [0.25, 0.3) is 5.06 Å². The third kappa shape index (κ3) is 3.13. The van der Waals surface area contributed by atoms with E-state index in [1.807, 2.05) is 0 Å². The Morgan fingerprint density at radius 3 is 2.80 bits per heavy atom. The van der Waals surface area contributed by atoms with Crippen molar-refractivity contribution >= 4 is 17.0 Å².